The van der Waals surface area contributed by atoms with Crippen LogP contribution in [0.1, 0.15) is 37.6 Å². The summed E-state index contributed by atoms with van der Waals surface area (Å²) in [4.78, 5) is 17.1. The fourth-order valence-electron chi connectivity index (χ4n) is 3.57. The highest BCUT2D eigenvalue weighted by atomic mass is 32.2. The topological polar surface area (TPSA) is 93.5 Å². The van der Waals surface area contributed by atoms with Gasteiger partial charge < -0.3 is 14.6 Å². The monoisotopic (exact) mass is 486 g/mol. The highest BCUT2D eigenvalue weighted by Crippen LogP contribution is 2.22. The van der Waals surface area contributed by atoms with Crippen LogP contribution in [-0.4, -0.2) is 55.4 Å². The van der Waals surface area contributed by atoms with Gasteiger partial charge in [-0.15, -0.1) is 0 Å². The quantitative estimate of drug-likeness (QED) is 0.397. The summed E-state index contributed by atoms with van der Waals surface area (Å²) in [6, 6.07) is 12.9. The SMILES string of the molecule is CCCCOc1ccc(CCNC(=O)CCc2nc3cc(S(=O)(=O)N(C)C)ccc3n2C)cc1. The van der Waals surface area contributed by atoms with Crippen molar-refractivity contribution in [2.45, 2.75) is 43.9 Å². The lowest BCUT2D eigenvalue weighted by Crippen LogP contribution is -2.26. The molecular weight excluding hydrogens is 452 g/mol. The van der Waals surface area contributed by atoms with Gasteiger partial charge in [-0.2, -0.15) is 0 Å². The van der Waals surface area contributed by atoms with Crippen LogP contribution in [0.5, 0.6) is 5.75 Å². The fourth-order valence-corrected chi connectivity index (χ4v) is 4.49. The maximum Gasteiger partial charge on any atom is 0.242 e. The van der Waals surface area contributed by atoms with Crippen molar-refractivity contribution in [3.05, 3.63) is 53.9 Å². The van der Waals surface area contributed by atoms with Crippen molar-refractivity contribution in [2.75, 3.05) is 27.2 Å². The minimum Gasteiger partial charge on any atom is -0.494 e. The second kappa shape index (κ2) is 11.5. The van der Waals surface area contributed by atoms with E-state index in [-0.39, 0.29) is 10.8 Å². The molecule has 0 bridgehead atoms. The molecule has 0 radical (unpaired) electrons. The number of aromatic nitrogens is 2. The van der Waals surface area contributed by atoms with Crippen LogP contribution >= 0.6 is 0 Å². The van der Waals surface area contributed by atoms with Crippen molar-refractivity contribution < 1.29 is 17.9 Å². The first kappa shape index (κ1) is 25.7. The molecule has 3 aromatic rings. The molecule has 8 nitrogen and oxygen atoms in total. The van der Waals surface area contributed by atoms with Gasteiger partial charge in [0, 0.05) is 40.5 Å². The number of benzene rings is 2. The predicted octanol–water partition coefficient (Wildman–Crippen LogP) is 3.29. The number of ether oxygens (including phenoxy) is 1. The molecule has 0 aliphatic rings. The summed E-state index contributed by atoms with van der Waals surface area (Å²) in [5.74, 6) is 1.57. The molecule has 0 aliphatic carbocycles. The number of fused-ring (bicyclic) bond motifs is 1. The first-order valence-electron chi connectivity index (χ1n) is 11.6. The van der Waals surface area contributed by atoms with Gasteiger partial charge in [-0.05, 0) is 48.7 Å². The second-order valence-corrected chi connectivity index (χ2v) is 10.6. The van der Waals surface area contributed by atoms with E-state index in [9.17, 15) is 13.2 Å². The van der Waals surface area contributed by atoms with Crippen molar-refractivity contribution in [2.24, 2.45) is 7.05 Å². The molecule has 0 atom stereocenters. The molecule has 0 spiro atoms. The summed E-state index contributed by atoms with van der Waals surface area (Å²) < 4.78 is 33.5. The fraction of sp³-hybridized carbons (Fsp3) is 0.440. The van der Waals surface area contributed by atoms with Crippen LogP contribution in [-0.2, 0) is 34.7 Å². The van der Waals surface area contributed by atoms with Gasteiger partial charge >= 0.3 is 0 Å². The van der Waals surface area contributed by atoms with Gasteiger partial charge in [0.25, 0.3) is 0 Å². The average molecular weight is 487 g/mol. The van der Waals surface area contributed by atoms with E-state index in [0.717, 1.165) is 48.5 Å². The average Bonchev–Trinajstić information content (AvgIpc) is 3.13. The molecule has 0 fully saturated rings. The normalized spacial score (nSPS) is 11.8. The Kier molecular flexibility index (Phi) is 8.68. The molecule has 3 rings (SSSR count). The number of amides is 1. The Bertz CT molecular complexity index is 1220. The molecule has 1 heterocycles. The van der Waals surface area contributed by atoms with Crippen molar-refractivity contribution in [1.29, 1.82) is 0 Å². The van der Waals surface area contributed by atoms with Gasteiger partial charge in [-0.1, -0.05) is 25.5 Å². The maximum atomic E-state index is 12.4. The summed E-state index contributed by atoms with van der Waals surface area (Å²) >= 11 is 0. The van der Waals surface area contributed by atoms with E-state index >= 15 is 0 Å². The van der Waals surface area contributed by atoms with E-state index in [2.05, 4.69) is 17.2 Å². The molecule has 1 N–H and O–H groups in total. The Hall–Kier alpha value is -2.91. The van der Waals surface area contributed by atoms with E-state index in [1.54, 1.807) is 18.2 Å². The van der Waals surface area contributed by atoms with Crippen LogP contribution in [0, 0.1) is 0 Å². The summed E-state index contributed by atoms with van der Waals surface area (Å²) in [6.07, 6.45) is 3.68. The maximum absolute atomic E-state index is 12.4. The molecule has 1 amide bonds. The summed E-state index contributed by atoms with van der Waals surface area (Å²) in [6.45, 7) is 3.42. The molecule has 2 aromatic carbocycles. The number of hydrogen-bond acceptors (Lipinski definition) is 5. The minimum atomic E-state index is -3.53. The van der Waals surface area contributed by atoms with Crippen LogP contribution in [0.2, 0.25) is 0 Å². The van der Waals surface area contributed by atoms with Gasteiger partial charge in [-0.3, -0.25) is 4.79 Å². The van der Waals surface area contributed by atoms with Gasteiger partial charge in [0.05, 0.1) is 22.5 Å². The van der Waals surface area contributed by atoms with Gasteiger partial charge in [0.15, 0.2) is 0 Å². The third kappa shape index (κ3) is 6.36. The second-order valence-electron chi connectivity index (χ2n) is 8.47. The Labute approximate surface area is 202 Å². The first-order valence-corrected chi connectivity index (χ1v) is 13.0. The third-order valence-electron chi connectivity index (χ3n) is 5.72. The lowest BCUT2D eigenvalue weighted by Gasteiger charge is -2.10. The van der Waals surface area contributed by atoms with E-state index in [4.69, 9.17) is 4.74 Å². The zero-order valence-electron chi connectivity index (χ0n) is 20.4. The standard InChI is InChI=1S/C25H34N4O4S/c1-5-6-17-33-20-9-7-19(8-10-20)15-16-26-25(30)14-13-24-27-22-18-21(34(31,32)28(2)3)11-12-23(22)29(24)4/h7-12,18H,5-6,13-17H2,1-4H3,(H,26,30). The van der Waals surface area contributed by atoms with E-state index in [1.165, 1.54) is 18.4 Å². The molecule has 1 aromatic heterocycles. The van der Waals surface area contributed by atoms with Crippen LogP contribution in [0.4, 0.5) is 0 Å². The van der Waals surface area contributed by atoms with Gasteiger partial charge in [0.2, 0.25) is 15.9 Å². The molecule has 0 aliphatic heterocycles. The number of carbonyl (C=O) groups excluding carboxylic acids is 1. The lowest BCUT2D eigenvalue weighted by molar-refractivity contribution is -0.121. The van der Waals surface area contributed by atoms with Crippen molar-refractivity contribution in [3.63, 3.8) is 0 Å². The number of imidazole rings is 1. The van der Waals surface area contributed by atoms with Crippen LogP contribution in [0.25, 0.3) is 11.0 Å². The molecule has 0 unspecified atom stereocenters. The predicted molar refractivity (Wildman–Crippen MR) is 133 cm³/mol. The van der Waals surface area contributed by atoms with Crippen molar-refractivity contribution >= 4 is 27.0 Å². The van der Waals surface area contributed by atoms with Crippen molar-refractivity contribution in [3.8, 4) is 5.75 Å². The Balaban J connectivity index is 1.50. The minimum absolute atomic E-state index is 0.0394. The zero-order valence-corrected chi connectivity index (χ0v) is 21.2. The van der Waals surface area contributed by atoms with Gasteiger partial charge in [-0.25, -0.2) is 17.7 Å². The first-order chi connectivity index (χ1) is 16.2. The van der Waals surface area contributed by atoms with E-state index < -0.39 is 10.0 Å². The number of aryl methyl sites for hydroxylation is 2. The summed E-state index contributed by atoms with van der Waals surface area (Å²) in [5, 5.41) is 2.96. The third-order valence-corrected chi connectivity index (χ3v) is 7.54. The van der Waals surface area contributed by atoms with Crippen LogP contribution in [0.3, 0.4) is 0 Å². The van der Waals surface area contributed by atoms with Crippen molar-refractivity contribution in [1.82, 2.24) is 19.2 Å². The molecule has 184 valence electrons. The van der Waals surface area contributed by atoms with E-state index in [0.29, 0.717) is 24.9 Å². The molecule has 0 saturated carbocycles. The summed E-state index contributed by atoms with van der Waals surface area (Å²) in [5.41, 5.74) is 2.57. The number of unbranched alkanes of at least 4 members (excludes halogenated alkanes) is 1. The van der Waals surface area contributed by atoms with Crippen LogP contribution < -0.4 is 10.1 Å². The smallest absolute Gasteiger partial charge is 0.242 e. The van der Waals surface area contributed by atoms with E-state index in [1.807, 2.05) is 35.9 Å². The highest BCUT2D eigenvalue weighted by molar-refractivity contribution is 7.89. The molecule has 0 saturated heterocycles. The molecular formula is C25H34N4O4S. The number of hydrogen-bond donors (Lipinski definition) is 1. The lowest BCUT2D eigenvalue weighted by atomic mass is 10.1. The number of nitrogens with one attached hydrogen (secondary N) is 1. The number of carbonyl (C=O) groups is 1. The largest absolute Gasteiger partial charge is 0.494 e. The molecule has 34 heavy (non-hydrogen) atoms. The Morgan fingerprint density at radius 1 is 1.12 bits per heavy atom. The zero-order chi connectivity index (χ0) is 24.7. The highest BCUT2D eigenvalue weighted by Gasteiger charge is 2.19. The number of sulfonamides is 1. The Morgan fingerprint density at radius 2 is 1.85 bits per heavy atom. The van der Waals surface area contributed by atoms with Crippen LogP contribution in [0.15, 0.2) is 47.4 Å². The Morgan fingerprint density at radius 3 is 2.53 bits per heavy atom. The molecule has 9 heteroatoms. The number of nitrogens with zero attached hydrogens (tertiary/aromatic N) is 3. The number of rotatable bonds is 12. The summed E-state index contributed by atoms with van der Waals surface area (Å²) in [7, 11) is 1.35. The van der Waals surface area contributed by atoms with Gasteiger partial charge in [0.1, 0.15) is 11.6 Å².